The van der Waals surface area contributed by atoms with Gasteiger partial charge in [-0.25, -0.2) is 4.39 Å². The van der Waals surface area contributed by atoms with E-state index in [4.69, 9.17) is 9.47 Å². The van der Waals surface area contributed by atoms with Crippen LogP contribution in [0, 0.1) is 5.82 Å². The molecule has 0 unspecified atom stereocenters. The third kappa shape index (κ3) is 3.82. The van der Waals surface area contributed by atoms with E-state index in [-0.39, 0.29) is 12.4 Å². The molecule has 3 nitrogen and oxygen atoms in total. The van der Waals surface area contributed by atoms with E-state index in [2.05, 4.69) is 15.9 Å². The lowest BCUT2D eigenvalue weighted by Crippen LogP contribution is -2.03. The quantitative estimate of drug-likeness (QED) is 0.723. The summed E-state index contributed by atoms with van der Waals surface area (Å²) in [6.07, 6.45) is 0.690. The van der Waals surface area contributed by atoms with E-state index < -0.39 is 0 Å². The minimum absolute atomic E-state index is 0.0101. The Balaban J connectivity index is 2.26. The van der Waals surface area contributed by atoms with Crippen molar-refractivity contribution < 1.29 is 18.7 Å². The number of benzene rings is 2. The van der Waals surface area contributed by atoms with Crippen molar-refractivity contribution in [3.63, 3.8) is 0 Å². The summed E-state index contributed by atoms with van der Waals surface area (Å²) in [5, 5.41) is 0. The van der Waals surface area contributed by atoms with Crippen molar-refractivity contribution in [3.05, 3.63) is 57.8 Å². The molecule has 2 aromatic rings. The number of hydrogen-bond donors (Lipinski definition) is 0. The maximum Gasteiger partial charge on any atom is 0.172 e. The second kappa shape index (κ2) is 7.22. The number of aldehydes is 1. The van der Waals surface area contributed by atoms with E-state index in [1.807, 2.05) is 6.92 Å². The lowest BCUT2D eigenvalue weighted by atomic mass is 10.2. The zero-order valence-electron chi connectivity index (χ0n) is 11.4. The fourth-order valence-electron chi connectivity index (χ4n) is 1.85. The summed E-state index contributed by atoms with van der Waals surface area (Å²) in [4.78, 5) is 11.1. The molecule has 0 aliphatic rings. The Labute approximate surface area is 130 Å². The van der Waals surface area contributed by atoms with Gasteiger partial charge in [-0.2, -0.15) is 0 Å². The van der Waals surface area contributed by atoms with Gasteiger partial charge in [0.1, 0.15) is 12.4 Å². The van der Waals surface area contributed by atoms with E-state index in [9.17, 15) is 9.18 Å². The van der Waals surface area contributed by atoms with Crippen LogP contribution in [0.5, 0.6) is 11.5 Å². The molecule has 110 valence electrons. The van der Waals surface area contributed by atoms with Gasteiger partial charge in [0, 0.05) is 10.0 Å². The summed E-state index contributed by atoms with van der Waals surface area (Å²) in [5.74, 6) is 0.436. The van der Waals surface area contributed by atoms with Gasteiger partial charge in [0.05, 0.1) is 12.2 Å². The van der Waals surface area contributed by atoms with E-state index >= 15 is 0 Å². The Morgan fingerprint density at radius 2 is 2.05 bits per heavy atom. The van der Waals surface area contributed by atoms with Gasteiger partial charge in [0.15, 0.2) is 17.8 Å². The fourth-order valence-corrected chi connectivity index (χ4v) is 2.26. The second-order valence-electron chi connectivity index (χ2n) is 4.25. The van der Waals surface area contributed by atoms with E-state index in [0.717, 1.165) is 4.47 Å². The number of hydrogen-bond acceptors (Lipinski definition) is 3. The highest BCUT2D eigenvalue weighted by Crippen LogP contribution is 2.31. The van der Waals surface area contributed by atoms with Gasteiger partial charge in [-0.15, -0.1) is 0 Å². The molecule has 0 atom stereocenters. The molecule has 21 heavy (non-hydrogen) atoms. The smallest absolute Gasteiger partial charge is 0.172 e. The van der Waals surface area contributed by atoms with E-state index in [1.54, 1.807) is 30.3 Å². The zero-order valence-corrected chi connectivity index (χ0v) is 13.0. The summed E-state index contributed by atoms with van der Waals surface area (Å²) in [6.45, 7) is 2.30. The average Bonchev–Trinajstić information content (AvgIpc) is 2.49. The van der Waals surface area contributed by atoms with Gasteiger partial charge in [0.25, 0.3) is 0 Å². The topological polar surface area (TPSA) is 35.5 Å². The molecule has 0 heterocycles. The van der Waals surface area contributed by atoms with Crippen molar-refractivity contribution in [1.82, 2.24) is 0 Å². The van der Waals surface area contributed by atoms with Crippen LogP contribution in [-0.2, 0) is 6.61 Å². The van der Waals surface area contributed by atoms with Crippen LogP contribution in [0.3, 0.4) is 0 Å². The molecule has 0 bridgehead atoms. The standard InChI is InChI=1S/C16H14BrFO3/c1-2-20-15-5-3-4-11(9-19)16(15)21-10-12-8-13(17)6-7-14(12)18/h3-9H,2,10H2,1H3. The van der Waals surface area contributed by atoms with Gasteiger partial charge in [-0.05, 0) is 37.3 Å². The molecule has 2 rings (SSSR count). The van der Waals surface area contributed by atoms with Gasteiger partial charge in [-0.1, -0.05) is 22.0 Å². The molecule has 0 saturated carbocycles. The van der Waals surface area contributed by atoms with Crippen LogP contribution in [0.4, 0.5) is 4.39 Å². The average molecular weight is 353 g/mol. The van der Waals surface area contributed by atoms with Crippen LogP contribution in [0.25, 0.3) is 0 Å². The number of ether oxygens (including phenoxy) is 2. The monoisotopic (exact) mass is 352 g/mol. The summed E-state index contributed by atoms with van der Waals surface area (Å²) in [5.41, 5.74) is 0.767. The van der Waals surface area contributed by atoms with Crippen molar-refractivity contribution in [3.8, 4) is 11.5 Å². The minimum Gasteiger partial charge on any atom is -0.490 e. The molecule has 0 spiro atoms. The molecule has 0 N–H and O–H groups in total. The second-order valence-corrected chi connectivity index (χ2v) is 5.17. The predicted molar refractivity (Wildman–Crippen MR) is 81.4 cm³/mol. The molecule has 0 fully saturated rings. The molecule has 0 aliphatic heterocycles. The highest BCUT2D eigenvalue weighted by atomic mass is 79.9. The third-order valence-electron chi connectivity index (χ3n) is 2.82. The Bertz CT molecular complexity index is 643. The van der Waals surface area contributed by atoms with Gasteiger partial charge < -0.3 is 9.47 Å². The number of carbonyl (C=O) groups excluding carboxylic acids is 1. The lowest BCUT2D eigenvalue weighted by Gasteiger charge is -2.14. The zero-order chi connectivity index (χ0) is 15.2. The first-order valence-corrected chi connectivity index (χ1v) is 7.22. The summed E-state index contributed by atoms with van der Waals surface area (Å²) in [7, 11) is 0. The fraction of sp³-hybridized carbons (Fsp3) is 0.188. The predicted octanol–water partition coefficient (Wildman–Crippen LogP) is 4.38. The third-order valence-corrected chi connectivity index (χ3v) is 3.31. The van der Waals surface area contributed by atoms with Crippen molar-refractivity contribution in [1.29, 1.82) is 0 Å². The normalized spacial score (nSPS) is 10.2. The van der Waals surface area contributed by atoms with Crippen molar-refractivity contribution in [2.45, 2.75) is 13.5 Å². The van der Waals surface area contributed by atoms with Crippen LogP contribution in [0.2, 0.25) is 0 Å². The molecule has 5 heteroatoms. The van der Waals surface area contributed by atoms with Crippen molar-refractivity contribution in [2.75, 3.05) is 6.61 Å². The van der Waals surface area contributed by atoms with Gasteiger partial charge in [-0.3, -0.25) is 4.79 Å². The molecular formula is C16H14BrFO3. The van der Waals surface area contributed by atoms with Crippen LogP contribution < -0.4 is 9.47 Å². The first kappa shape index (κ1) is 15.5. The van der Waals surface area contributed by atoms with Crippen LogP contribution in [-0.4, -0.2) is 12.9 Å². The summed E-state index contributed by atoms with van der Waals surface area (Å²) < 4.78 is 25.5. The SMILES string of the molecule is CCOc1cccc(C=O)c1OCc1cc(Br)ccc1F. The van der Waals surface area contributed by atoms with E-state index in [1.165, 1.54) is 6.07 Å². The molecule has 0 amide bonds. The molecule has 2 aromatic carbocycles. The van der Waals surface area contributed by atoms with Crippen molar-refractivity contribution in [2.24, 2.45) is 0 Å². The Morgan fingerprint density at radius 1 is 1.24 bits per heavy atom. The number of halogens is 2. The van der Waals surface area contributed by atoms with E-state index in [0.29, 0.717) is 35.5 Å². The molecular weight excluding hydrogens is 339 g/mol. The molecule has 0 aromatic heterocycles. The van der Waals surface area contributed by atoms with Crippen LogP contribution >= 0.6 is 15.9 Å². The number of carbonyl (C=O) groups is 1. The maximum atomic E-state index is 13.7. The molecule has 0 saturated heterocycles. The van der Waals surface area contributed by atoms with Crippen LogP contribution in [0.1, 0.15) is 22.8 Å². The van der Waals surface area contributed by atoms with Crippen molar-refractivity contribution >= 4 is 22.2 Å². The lowest BCUT2D eigenvalue weighted by molar-refractivity contribution is 0.111. The first-order chi connectivity index (χ1) is 10.2. The summed E-state index contributed by atoms with van der Waals surface area (Å²) >= 11 is 3.29. The minimum atomic E-state index is -0.361. The largest absolute Gasteiger partial charge is 0.490 e. The number of para-hydroxylation sites is 1. The van der Waals surface area contributed by atoms with Gasteiger partial charge in [0.2, 0.25) is 0 Å². The first-order valence-electron chi connectivity index (χ1n) is 6.43. The van der Waals surface area contributed by atoms with Gasteiger partial charge >= 0.3 is 0 Å². The Kier molecular flexibility index (Phi) is 5.33. The number of rotatable bonds is 6. The molecule has 0 aliphatic carbocycles. The summed E-state index contributed by atoms with van der Waals surface area (Å²) in [6, 6.07) is 9.66. The maximum absolute atomic E-state index is 13.7. The highest BCUT2D eigenvalue weighted by Gasteiger charge is 2.12. The molecule has 0 radical (unpaired) electrons. The van der Waals surface area contributed by atoms with Crippen LogP contribution in [0.15, 0.2) is 40.9 Å². The highest BCUT2D eigenvalue weighted by molar-refractivity contribution is 9.10. The Hall–Kier alpha value is -1.88. The Morgan fingerprint density at radius 3 is 2.76 bits per heavy atom.